The maximum atomic E-state index is 12.5. The Morgan fingerprint density at radius 2 is 1.62 bits per heavy atom. The van der Waals surface area contributed by atoms with Gasteiger partial charge in [0.05, 0.1) is 25.8 Å². The van der Waals surface area contributed by atoms with Gasteiger partial charge >= 0.3 is 6.03 Å². The van der Waals surface area contributed by atoms with Crippen molar-refractivity contribution >= 4 is 51.4 Å². The van der Waals surface area contributed by atoms with Crippen molar-refractivity contribution in [1.29, 1.82) is 0 Å². The van der Waals surface area contributed by atoms with Gasteiger partial charge in [-0.25, -0.2) is 14.5 Å². The van der Waals surface area contributed by atoms with E-state index < -0.39 is 27.0 Å². The molecule has 0 unspecified atom stereocenters. The van der Waals surface area contributed by atoms with E-state index in [1.54, 1.807) is 4.72 Å². The van der Waals surface area contributed by atoms with Crippen LogP contribution in [0.4, 0.5) is 22.6 Å². The first kappa shape index (κ1) is 33.6. The molecule has 228 valence electrons. The molecule has 4 N–H and O–H groups in total. The first-order chi connectivity index (χ1) is 19.8. The van der Waals surface area contributed by atoms with E-state index in [9.17, 15) is 18.0 Å². The van der Waals surface area contributed by atoms with Gasteiger partial charge in [-0.15, -0.1) is 0 Å². The van der Waals surface area contributed by atoms with Crippen LogP contribution in [0.1, 0.15) is 31.1 Å². The molecule has 0 aliphatic carbocycles. The molecule has 3 amide bonds. The highest BCUT2D eigenvalue weighted by molar-refractivity contribution is 7.90. The zero-order valence-corrected chi connectivity index (χ0v) is 25.5. The van der Waals surface area contributed by atoms with Crippen LogP contribution in [0.15, 0.2) is 29.4 Å². The van der Waals surface area contributed by atoms with E-state index in [4.69, 9.17) is 21.1 Å². The van der Waals surface area contributed by atoms with Crippen LogP contribution in [-0.2, 0) is 10.0 Å². The Morgan fingerprint density at radius 1 is 1.00 bits per heavy atom. The van der Waals surface area contributed by atoms with E-state index in [0.717, 1.165) is 6.54 Å². The Kier molecular flexibility index (Phi) is 12.4. The second kappa shape index (κ2) is 15.4. The summed E-state index contributed by atoms with van der Waals surface area (Å²) in [7, 11) is 1.15. The lowest BCUT2D eigenvalue weighted by atomic mass is 10.2. The van der Waals surface area contributed by atoms with E-state index in [-0.39, 0.29) is 34.6 Å². The zero-order valence-electron chi connectivity index (χ0n) is 24.0. The molecule has 0 saturated heterocycles. The molecule has 3 aromatic heterocycles. The van der Waals surface area contributed by atoms with Gasteiger partial charge in [0.2, 0.25) is 34.9 Å². The van der Waals surface area contributed by atoms with E-state index >= 15 is 0 Å². The number of aromatic nitrogens is 6. The van der Waals surface area contributed by atoms with Gasteiger partial charge in [-0.2, -0.15) is 33.3 Å². The number of amides is 3. The maximum absolute atomic E-state index is 12.5. The molecule has 3 aromatic rings. The lowest BCUT2D eigenvalue weighted by Gasteiger charge is -2.14. The molecule has 0 bridgehead atoms. The predicted octanol–water partition coefficient (Wildman–Crippen LogP) is 1.88. The molecule has 3 heterocycles. The number of ether oxygens (including phenoxy) is 2. The molecular weight excluding hydrogens is 594 g/mol. The third kappa shape index (κ3) is 10.1. The number of rotatable bonds is 10. The largest absolute Gasteiger partial charge is 0.481 e. The molecule has 3 rings (SSSR count). The molecule has 0 atom stereocenters. The molecule has 0 aliphatic heterocycles. The fraction of sp³-hybridized carbons (Fsp3) is 0.391. The number of hydrogen-bond donors (Lipinski definition) is 4. The number of sulfonamides is 1. The van der Waals surface area contributed by atoms with Gasteiger partial charge in [-0.1, -0.05) is 0 Å². The summed E-state index contributed by atoms with van der Waals surface area (Å²) in [6.45, 7) is 6.73. The highest BCUT2D eigenvalue weighted by atomic mass is 35.5. The van der Waals surface area contributed by atoms with Crippen molar-refractivity contribution in [3.05, 3.63) is 35.2 Å². The minimum Gasteiger partial charge on any atom is -0.481 e. The first-order valence-electron chi connectivity index (χ1n) is 12.2. The summed E-state index contributed by atoms with van der Waals surface area (Å²) < 4.78 is 36.7. The Morgan fingerprint density at radius 3 is 2.17 bits per heavy atom. The van der Waals surface area contributed by atoms with E-state index in [0.29, 0.717) is 11.9 Å². The molecule has 19 heteroatoms. The number of carbonyl (C=O) groups excluding carboxylic acids is 2. The third-order valence-electron chi connectivity index (χ3n) is 4.57. The van der Waals surface area contributed by atoms with E-state index in [1.165, 1.54) is 57.6 Å². The van der Waals surface area contributed by atoms with Crippen LogP contribution in [-0.4, -0.2) is 96.1 Å². The van der Waals surface area contributed by atoms with Crippen molar-refractivity contribution in [3.63, 3.8) is 0 Å². The second-order valence-corrected chi connectivity index (χ2v) is 10.4. The fourth-order valence-corrected chi connectivity index (χ4v) is 4.08. The molecule has 0 aromatic carbocycles. The molecule has 42 heavy (non-hydrogen) atoms. The Bertz CT molecular complexity index is 1470. The highest BCUT2D eigenvalue weighted by Gasteiger charge is 2.27. The van der Waals surface area contributed by atoms with Gasteiger partial charge in [-0.05, 0) is 44.5 Å². The van der Waals surface area contributed by atoms with Crippen molar-refractivity contribution in [2.75, 3.05) is 50.8 Å². The zero-order chi connectivity index (χ0) is 31.4. The number of pyridine rings is 1. The van der Waals surface area contributed by atoms with Gasteiger partial charge in [0.1, 0.15) is 0 Å². The predicted molar refractivity (Wildman–Crippen MR) is 154 cm³/mol. The minimum atomic E-state index is -4.46. The van der Waals surface area contributed by atoms with Crippen LogP contribution in [0.3, 0.4) is 0 Å². The Hall–Kier alpha value is -4.58. The Labute approximate surface area is 247 Å². The molecule has 17 nitrogen and oxygen atoms in total. The normalized spacial score (nSPS) is 10.6. The monoisotopic (exact) mass is 625 g/mol. The molecule has 0 radical (unpaired) electrons. The number of methoxy groups -OCH3 is 2. The molecule has 0 spiro atoms. The summed E-state index contributed by atoms with van der Waals surface area (Å²) in [5.74, 6) is 0.332. The van der Waals surface area contributed by atoms with Crippen LogP contribution in [0.5, 0.6) is 11.8 Å². The molecule has 0 aliphatic rings. The minimum absolute atomic E-state index is 0.0913. The standard InChI is InChI=1S/C15H18N6O6S.C8H14ClN5/c1-21(2)13(22)9-6-5-7-16-12(9)28(24,25)20-15(23)19-14-17-10(26-3)8-11(18-14)27-4;1-4-10-7-12-6(9)13-8(14-7)11-5(2)3/h5-8H,1-4H3,(H2,17,18,19,20,23);5H,4H2,1-3H3,(H2,10,11,12,13,14). The second-order valence-electron chi connectivity index (χ2n) is 8.47. The van der Waals surface area contributed by atoms with Crippen molar-refractivity contribution in [2.45, 2.75) is 31.8 Å². The lowest BCUT2D eigenvalue weighted by Crippen LogP contribution is -2.36. The number of carbonyl (C=O) groups is 2. The van der Waals surface area contributed by atoms with Gasteiger partial charge in [0.15, 0.2) is 5.03 Å². The quantitative estimate of drug-likeness (QED) is 0.253. The topological polar surface area (TPSA) is 215 Å². The first-order valence-corrected chi connectivity index (χ1v) is 14.0. The van der Waals surface area contributed by atoms with Crippen LogP contribution in [0, 0.1) is 0 Å². The molecular formula is C23H32ClN11O6S. The summed E-state index contributed by atoms with van der Waals surface area (Å²) in [4.78, 5) is 48.9. The lowest BCUT2D eigenvalue weighted by molar-refractivity contribution is 0.0823. The number of hydrogen-bond acceptors (Lipinski definition) is 14. The molecule has 0 fully saturated rings. The van der Waals surface area contributed by atoms with Crippen LogP contribution in [0.25, 0.3) is 0 Å². The maximum Gasteiger partial charge on any atom is 0.335 e. The van der Waals surface area contributed by atoms with Crippen LogP contribution >= 0.6 is 11.6 Å². The van der Waals surface area contributed by atoms with Crippen LogP contribution in [0.2, 0.25) is 5.28 Å². The number of nitrogens with zero attached hydrogens (tertiary/aromatic N) is 7. The molecule has 0 saturated carbocycles. The summed E-state index contributed by atoms with van der Waals surface area (Å²) >= 11 is 5.73. The number of urea groups is 1. The van der Waals surface area contributed by atoms with Gasteiger partial charge in [0.25, 0.3) is 15.9 Å². The third-order valence-corrected chi connectivity index (χ3v) is 6.03. The summed E-state index contributed by atoms with van der Waals surface area (Å²) in [6.07, 6.45) is 1.19. The average molecular weight is 626 g/mol. The van der Waals surface area contributed by atoms with Crippen molar-refractivity contribution in [3.8, 4) is 11.8 Å². The number of nitrogens with one attached hydrogen (secondary N) is 4. The fourth-order valence-electron chi connectivity index (χ4n) is 2.89. The number of halogens is 1. The van der Waals surface area contributed by atoms with E-state index in [2.05, 4.69) is 45.9 Å². The van der Waals surface area contributed by atoms with Crippen LogP contribution < -0.4 is 30.1 Å². The van der Waals surface area contributed by atoms with Gasteiger partial charge < -0.3 is 25.0 Å². The highest BCUT2D eigenvalue weighted by Crippen LogP contribution is 2.18. The SMILES string of the molecule is CCNc1nc(Cl)nc(NC(C)C)n1.COc1cc(OC)nc(NC(=O)NS(=O)(=O)c2ncccc2C(=O)N(C)C)n1. The summed E-state index contributed by atoms with van der Waals surface area (Å²) in [6, 6.07) is 3.17. The number of anilines is 3. The summed E-state index contributed by atoms with van der Waals surface area (Å²) in [5.41, 5.74) is -0.188. The van der Waals surface area contributed by atoms with Gasteiger partial charge in [0, 0.05) is 32.9 Å². The van der Waals surface area contributed by atoms with Crippen molar-refractivity contribution < 1.29 is 27.5 Å². The summed E-state index contributed by atoms with van der Waals surface area (Å²) in [5, 5.41) is 7.79. The van der Waals surface area contributed by atoms with Crippen molar-refractivity contribution in [2.24, 2.45) is 0 Å². The smallest absolute Gasteiger partial charge is 0.335 e. The van der Waals surface area contributed by atoms with E-state index in [1.807, 2.05) is 20.8 Å². The van der Waals surface area contributed by atoms with Crippen molar-refractivity contribution in [1.82, 2.24) is 39.5 Å². The average Bonchev–Trinajstić information content (AvgIpc) is 2.91. The Balaban J connectivity index is 0.000000369. The van der Waals surface area contributed by atoms with Gasteiger partial charge in [-0.3, -0.25) is 10.1 Å².